The molecular formula is C15H23NO6. The van der Waals surface area contributed by atoms with Gasteiger partial charge in [-0.15, -0.1) is 0 Å². The standard InChI is InChI=1S/C15H23NO6/c1-3-20-13(17)11(14(18)21-4-2)12-15(19)22-9-10-7-5-6-8-16(10)12/h10-12H,3-9H2,1-2H3/t10-,12+/m0/s1. The molecule has 2 aliphatic rings. The van der Waals surface area contributed by atoms with Crippen LogP contribution in [0.2, 0.25) is 0 Å². The van der Waals surface area contributed by atoms with Gasteiger partial charge in [0.05, 0.1) is 13.2 Å². The highest BCUT2D eigenvalue weighted by Gasteiger charge is 2.50. The zero-order valence-electron chi connectivity index (χ0n) is 13.1. The third-order valence-electron chi connectivity index (χ3n) is 4.09. The van der Waals surface area contributed by atoms with Crippen molar-refractivity contribution in [1.29, 1.82) is 0 Å². The Balaban J connectivity index is 2.27. The first-order chi connectivity index (χ1) is 10.6. The van der Waals surface area contributed by atoms with Crippen LogP contribution in [0.25, 0.3) is 0 Å². The number of cyclic esters (lactones) is 1. The molecule has 7 nitrogen and oxygen atoms in total. The van der Waals surface area contributed by atoms with E-state index in [2.05, 4.69) is 0 Å². The summed E-state index contributed by atoms with van der Waals surface area (Å²) in [5.74, 6) is -3.29. The highest BCUT2D eigenvalue weighted by Crippen LogP contribution is 2.29. The average Bonchev–Trinajstić information content (AvgIpc) is 2.50. The van der Waals surface area contributed by atoms with Crippen molar-refractivity contribution in [2.24, 2.45) is 5.92 Å². The van der Waals surface area contributed by atoms with E-state index in [1.54, 1.807) is 13.8 Å². The molecule has 2 rings (SSSR count). The largest absolute Gasteiger partial charge is 0.465 e. The van der Waals surface area contributed by atoms with Crippen LogP contribution >= 0.6 is 0 Å². The van der Waals surface area contributed by atoms with Crippen molar-refractivity contribution in [2.45, 2.75) is 45.2 Å². The van der Waals surface area contributed by atoms with Crippen LogP contribution in [0, 0.1) is 5.92 Å². The Bertz CT molecular complexity index is 420. The molecule has 0 aromatic rings. The van der Waals surface area contributed by atoms with Gasteiger partial charge in [0, 0.05) is 6.04 Å². The summed E-state index contributed by atoms with van der Waals surface area (Å²) in [6, 6.07) is -0.889. The van der Waals surface area contributed by atoms with Crippen LogP contribution in [0.3, 0.4) is 0 Å². The van der Waals surface area contributed by atoms with Crippen LogP contribution in [-0.4, -0.2) is 61.3 Å². The van der Waals surface area contributed by atoms with E-state index in [-0.39, 0.29) is 19.3 Å². The Hall–Kier alpha value is -1.63. The second-order valence-corrected chi connectivity index (χ2v) is 5.44. The summed E-state index contributed by atoms with van der Waals surface area (Å²) in [5.41, 5.74) is 0. The summed E-state index contributed by atoms with van der Waals surface area (Å²) >= 11 is 0. The smallest absolute Gasteiger partial charge is 0.324 e. The number of carbonyl (C=O) groups excluding carboxylic acids is 3. The summed E-state index contributed by atoms with van der Waals surface area (Å²) in [4.78, 5) is 38.6. The van der Waals surface area contributed by atoms with E-state index in [0.717, 1.165) is 19.3 Å². The van der Waals surface area contributed by atoms with Crippen molar-refractivity contribution in [3.8, 4) is 0 Å². The molecule has 2 heterocycles. The molecule has 2 aliphatic heterocycles. The maximum Gasteiger partial charge on any atom is 0.324 e. The van der Waals surface area contributed by atoms with Gasteiger partial charge in [0.1, 0.15) is 12.6 Å². The van der Waals surface area contributed by atoms with Crippen LogP contribution < -0.4 is 0 Å². The minimum Gasteiger partial charge on any atom is -0.465 e. The molecule has 0 aliphatic carbocycles. The molecule has 2 fully saturated rings. The van der Waals surface area contributed by atoms with E-state index in [1.165, 1.54) is 0 Å². The van der Waals surface area contributed by atoms with Crippen molar-refractivity contribution in [3.05, 3.63) is 0 Å². The normalized spacial score (nSPS) is 25.3. The first-order valence-electron chi connectivity index (χ1n) is 7.85. The van der Waals surface area contributed by atoms with Crippen molar-refractivity contribution in [3.63, 3.8) is 0 Å². The monoisotopic (exact) mass is 313 g/mol. The minimum absolute atomic E-state index is 0.0582. The molecule has 2 saturated heterocycles. The van der Waals surface area contributed by atoms with Crippen LogP contribution in [0.5, 0.6) is 0 Å². The third kappa shape index (κ3) is 3.40. The molecule has 0 spiro atoms. The lowest BCUT2D eigenvalue weighted by Gasteiger charge is -2.44. The molecule has 0 saturated carbocycles. The summed E-state index contributed by atoms with van der Waals surface area (Å²) in [7, 11) is 0. The topological polar surface area (TPSA) is 82.1 Å². The molecule has 0 aromatic carbocycles. The molecule has 0 amide bonds. The molecule has 124 valence electrons. The number of esters is 3. The molecule has 22 heavy (non-hydrogen) atoms. The van der Waals surface area contributed by atoms with Gasteiger partial charge in [-0.3, -0.25) is 19.3 Å². The van der Waals surface area contributed by atoms with Crippen LogP contribution in [0.4, 0.5) is 0 Å². The van der Waals surface area contributed by atoms with E-state index in [1.807, 2.05) is 4.90 Å². The number of hydrogen-bond acceptors (Lipinski definition) is 7. The predicted molar refractivity (Wildman–Crippen MR) is 75.8 cm³/mol. The van der Waals surface area contributed by atoms with Gasteiger partial charge in [0.15, 0.2) is 5.92 Å². The number of fused-ring (bicyclic) bond motifs is 1. The predicted octanol–water partition coefficient (Wildman–Crippen LogP) is 0.509. The number of morpholine rings is 1. The summed E-state index contributed by atoms with van der Waals surface area (Å²) in [5, 5.41) is 0. The highest BCUT2D eigenvalue weighted by atomic mass is 16.6. The van der Waals surface area contributed by atoms with Gasteiger partial charge in [-0.05, 0) is 33.2 Å². The van der Waals surface area contributed by atoms with Crippen LogP contribution in [0.15, 0.2) is 0 Å². The second-order valence-electron chi connectivity index (χ2n) is 5.44. The average molecular weight is 313 g/mol. The number of hydrogen-bond donors (Lipinski definition) is 0. The van der Waals surface area contributed by atoms with Gasteiger partial charge >= 0.3 is 17.9 Å². The fourth-order valence-corrected chi connectivity index (χ4v) is 3.11. The second kappa shape index (κ2) is 7.58. The molecule has 7 heteroatoms. The number of nitrogens with zero attached hydrogens (tertiary/aromatic N) is 1. The number of piperidine rings is 1. The Morgan fingerprint density at radius 2 is 1.86 bits per heavy atom. The first-order valence-corrected chi connectivity index (χ1v) is 7.85. The maximum absolute atomic E-state index is 12.2. The lowest BCUT2D eigenvalue weighted by atomic mass is 9.91. The maximum atomic E-state index is 12.2. The minimum atomic E-state index is -1.28. The summed E-state index contributed by atoms with van der Waals surface area (Å²) in [6.45, 7) is 4.57. The third-order valence-corrected chi connectivity index (χ3v) is 4.09. The van der Waals surface area contributed by atoms with Crippen LogP contribution in [0.1, 0.15) is 33.1 Å². The SMILES string of the molecule is CCOC(=O)C(C(=O)OCC)[C@@H]1C(=O)OC[C@@H]2CCCCN21. The Kier molecular flexibility index (Phi) is 5.76. The van der Waals surface area contributed by atoms with Gasteiger partial charge < -0.3 is 14.2 Å². The van der Waals surface area contributed by atoms with Gasteiger partial charge in [-0.2, -0.15) is 0 Å². The summed E-state index contributed by atoms with van der Waals surface area (Å²) in [6.07, 6.45) is 2.87. The van der Waals surface area contributed by atoms with E-state index in [9.17, 15) is 14.4 Å². The van der Waals surface area contributed by atoms with Crippen molar-refractivity contribution in [2.75, 3.05) is 26.4 Å². The lowest BCUT2D eigenvalue weighted by molar-refractivity contribution is -0.183. The molecule has 0 radical (unpaired) electrons. The zero-order chi connectivity index (χ0) is 16.1. The fraction of sp³-hybridized carbons (Fsp3) is 0.800. The quantitative estimate of drug-likeness (QED) is 0.415. The van der Waals surface area contributed by atoms with Crippen LogP contribution in [-0.2, 0) is 28.6 Å². The number of ether oxygens (including phenoxy) is 3. The molecule has 0 unspecified atom stereocenters. The lowest BCUT2D eigenvalue weighted by Crippen LogP contribution is -2.62. The highest BCUT2D eigenvalue weighted by molar-refractivity contribution is 6.00. The van der Waals surface area contributed by atoms with Gasteiger partial charge in [0.2, 0.25) is 0 Å². The zero-order valence-corrected chi connectivity index (χ0v) is 13.1. The molecular weight excluding hydrogens is 290 g/mol. The van der Waals surface area contributed by atoms with Crippen molar-refractivity contribution >= 4 is 17.9 Å². The molecule has 0 N–H and O–H groups in total. The van der Waals surface area contributed by atoms with E-state index >= 15 is 0 Å². The first kappa shape index (κ1) is 16.7. The van der Waals surface area contributed by atoms with Gasteiger partial charge in [-0.1, -0.05) is 6.42 Å². The Morgan fingerprint density at radius 3 is 2.45 bits per heavy atom. The number of rotatable bonds is 5. The summed E-state index contributed by atoms with van der Waals surface area (Å²) < 4.78 is 15.2. The van der Waals surface area contributed by atoms with Gasteiger partial charge in [0.25, 0.3) is 0 Å². The molecule has 2 atom stereocenters. The van der Waals surface area contributed by atoms with E-state index in [4.69, 9.17) is 14.2 Å². The van der Waals surface area contributed by atoms with Crippen molar-refractivity contribution < 1.29 is 28.6 Å². The fourth-order valence-electron chi connectivity index (χ4n) is 3.11. The molecule has 0 bridgehead atoms. The number of carbonyl (C=O) groups is 3. The van der Waals surface area contributed by atoms with Gasteiger partial charge in [-0.25, -0.2) is 0 Å². The van der Waals surface area contributed by atoms with E-state index < -0.39 is 29.9 Å². The van der Waals surface area contributed by atoms with E-state index in [0.29, 0.717) is 13.2 Å². The Labute approximate surface area is 129 Å². The van der Waals surface area contributed by atoms with Crippen molar-refractivity contribution in [1.82, 2.24) is 4.90 Å². The molecule has 0 aromatic heterocycles. The Morgan fingerprint density at radius 1 is 1.23 bits per heavy atom.